The molecule has 1 aliphatic carbocycles. The largest absolute Gasteiger partial charge is 0.462 e. The van der Waals surface area contributed by atoms with E-state index in [-0.39, 0.29) is 34.7 Å². The molecule has 0 radical (unpaired) electrons. The monoisotopic (exact) mass is 661 g/mol. The van der Waals surface area contributed by atoms with Gasteiger partial charge in [0, 0.05) is 6.04 Å². The number of alkyl halides is 4. The van der Waals surface area contributed by atoms with Crippen molar-refractivity contribution in [1.82, 2.24) is 24.6 Å². The zero-order valence-electron chi connectivity index (χ0n) is 24.3. The zero-order valence-corrected chi connectivity index (χ0v) is 25.2. The normalized spacial score (nSPS) is 25.7. The molecule has 19 heteroatoms. The van der Waals surface area contributed by atoms with Crippen molar-refractivity contribution in [3.05, 3.63) is 36.7 Å². The van der Waals surface area contributed by atoms with Gasteiger partial charge in [-0.05, 0) is 45.7 Å². The fourth-order valence-corrected chi connectivity index (χ4v) is 6.10. The number of nitrogens with two attached hydrogens (primary N) is 1. The van der Waals surface area contributed by atoms with Crippen molar-refractivity contribution in [2.24, 2.45) is 0 Å². The second kappa shape index (κ2) is 12.3. The summed E-state index contributed by atoms with van der Waals surface area (Å²) < 4.78 is 95.1. The van der Waals surface area contributed by atoms with Crippen LogP contribution in [0, 0.1) is 0 Å². The maximum Gasteiger partial charge on any atom is 0.459 e. The van der Waals surface area contributed by atoms with Gasteiger partial charge >= 0.3 is 19.9 Å². The van der Waals surface area contributed by atoms with Gasteiger partial charge in [0.2, 0.25) is 5.95 Å². The summed E-state index contributed by atoms with van der Waals surface area (Å²) in [6.45, 7) is 3.41. The highest BCUT2D eigenvalue weighted by molar-refractivity contribution is 7.52. The van der Waals surface area contributed by atoms with E-state index in [9.17, 15) is 27.6 Å². The van der Waals surface area contributed by atoms with Crippen LogP contribution in [-0.4, -0.2) is 79.4 Å². The average Bonchev–Trinajstić information content (AvgIpc) is 3.61. The van der Waals surface area contributed by atoms with Gasteiger partial charge in [0.25, 0.3) is 5.67 Å². The summed E-state index contributed by atoms with van der Waals surface area (Å²) in [7, 11) is -4.61. The number of nitrogen functional groups attached to an aromatic ring is 1. The lowest BCUT2D eigenvalue weighted by Gasteiger charge is -2.31. The highest BCUT2D eigenvalue weighted by atomic mass is 31.2. The van der Waals surface area contributed by atoms with Gasteiger partial charge in [-0.3, -0.25) is 13.9 Å². The molecule has 5 N–H and O–H groups in total. The summed E-state index contributed by atoms with van der Waals surface area (Å²) in [4.78, 5) is 24.5. The van der Waals surface area contributed by atoms with Crippen molar-refractivity contribution in [3.63, 3.8) is 0 Å². The van der Waals surface area contributed by atoms with Crippen LogP contribution in [0.25, 0.3) is 11.2 Å². The molecule has 2 aliphatic rings. The predicted molar refractivity (Wildman–Crippen MR) is 151 cm³/mol. The van der Waals surface area contributed by atoms with Crippen molar-refractivity contribution >= 4 is 36.6 Å². The van der Waals surface area contributed by atoms with Crippen molar-refractivity contribution < 1.29 is 50.5 Å². The molecule has 2 fully saturated rings. The van der Waals surface area contributed by atoms with Crippen LogP contribution < -0.4 is 20.7 Å². The van der Waals surface area contributed by atoms with E-state index >= 15 is 4.39 Å². The van der Waals surface area contributed by atoms with Gasteiger partial charge in [0.1, 0.15) is 24.0 Å². The minimum Gasteiger partial charge on any atom is -0.462 e. The number of esters is 1. The molecule has 1 aromatic carbocycles. The summed E-state index contributed by atoms with van der Waals surface area (Å²) in [5, 5.41) is 16.2. The van der Waals surface area contributed by atoms with Crippen LogP contribution in [0.15, 0.2) is 36.7 Å². The molecule has 246 valence electrons. The van der Waals surface area contributed by atoms with Gasteiger partial charge in [0.15, 0.2) is 23.2 Å². The first kappa shape index (κ1) is 32.8. The summed E-state index contributed by atoms with van der Waals surface area (Å²) in [5.41, 5.74) is 1.10. The maximum absolute atomic E-state index is 16.2. The molecule has 45 heavy (non-hydrogen) atoms. The Kier molecular flexibility index (Phi) is 8.98. The number of hydrogen-bond donors (Lipinski definition) is 4. The molecule has 1 aliphatic heterocycles. The number of anilines is 2. The molecule has 1 saturated carbocycles. The number of hydrogen-bond acceptors (Lipinski definition) is 12. The number of rotatable bonds is 12. The Morgan fingerprint density at radius 1 is 1.24 bits per heavy atom. The molecule has 1 saturated heterocycles. The molecule has 14 nitrogen and oxygen atoms in total. The van der Waals surface area contributed by atoms with Crippen molar-refractivity contribution in [1.29, 1.82) is 0 Å². The number of para-hydroxylation sites is 1. The van der Waals surface area contributed by atoms with E-state index in [1.54, 1.807) is 32.0 Å². The van der Waals surface area contributed by atoms with Gasteiger partial charge in [-0.2, -0.15) is 28.2 Å². The first-order valence-corrected chi connectivity index (χ1v) is 15.5. The van der Waals surface area contributed by atoms with E-state index in [1.807, 2.05) is 0 Å². The standard InChI is InChI=1S/C26H32F4N7O7P/c1-13(2)42-22(39)14(3)36-45(40,44-16-7-5-4-6-8-16)41-11-17-19(38)25(27,26(28,29)30)23(43-17)37-12-32-18-20(33-15-9-10-15)34-24(31)35-21(18)37/h4-8,12-15,17,19,23,38H,9-11H2,1-3H3,(H,36,40)(H3,31,33,34,35)/t14?,17-,19-,23-,25-,45+/m1/s1. The molecular formula is C26H32F4N7O7P. The SMILES string of the molecule is CC(C)OC(=O)C(C)N[P@](=O)(OC[C@H]1O[C@@H](n2cnc3c(NC4CC4)nc(N)nc32)[C@@](F)(C(F)(F)F)[C@@H]1O)Oc1ccccc1. The molecule has 0 spiro atoms. The minimum absolute atomic E-state index is 0.00523. The number of halogens is 4. The van der Waals surface area contributed by atoms with Crippen LogP contribution in [-0.2, 0) is 23.4 Å². The van der Waals surface area contributed by atoms with E-state index in [2.05, 4.69) is 25.4 Å². The number of nitrogens with zero attached hydrogens (tertiary/aromatic N) is 4. The quantitative estimate of drug-likeness (QED) is 0.125. The highest BCUT2D eigenvalue weighted by Gasteiger charge is 2.73. The number of carbonyl (C=O) groups excluding carboxylic acids is 1. The van der Waals surface area contributed by atoms with Crippen LogP contribution in [0.4, 0.5) is 29.3 Å². The fraction of sp³-hybridized carbons (Fsp3) is 0.538. The maximum atomic E-state index is 16.2. The molecule has 3 aromatic rings. The smallest absolute Gasteiger partial charge is 0.459 e. The van der Waals surface area contributed by atoms with Crippen LogP contribution in [0.2, 0.25) is 0 Å². The van der Waals surface area contributed by atoms with Crippen LogP contribution in [0.5, 0.6) is 5.75 Å². The molecule has 3 heterocycles. The number of carbonyl (C=O) groups is 1. The van der Waals surface area contributed by atoms with E-state index < -0.39 is 62.7 Å². The van der Waals surface area contributed by atoms with Gasteiger partial charge in [-0.15, -0.1) is 0 Å². The Hall–Kier alpha value is -3.57. The molecule has 6 atom stereocenters. The van der Waals surface area contributed by atoms with Gasteiger partial charge in [-0.1, -0.05) is 18.2 Å². The van der Waals surface area contributed by atoms with E-state index in [4.69, 9.17) is 24.3 Å². The van der Waals surface area contributed by atoms with Crippen LogP contribution in [0.3, 0.4) is 0 Å². The minimum atomic E-state index is -5.67. The molecule has 0 bridgehead atoms. The third-order valence-electron chi connectivity index (χ3n) is 6.92. The summed E-state index contributed by atoms with van der Waals surface area (Å²) in [6.07, 6.45) is -11.1. The Morgan fingerprint density at radius 2 is 1.93 bits per heavy atom. The molecular weight excluding hydrogens is 629 g/mol. The third kappa shape index (κ3) is 6.84. The summed E-state index contributed by atoms with van der Waals surface area (Å²) in [5.74, 6) is -0.996. The molecule has 0 amide bonds. The number of fused-ring (bicyclic) bond motifs is 1. The van der Waals surface area contributed by atoms with Gasteiger partial charge in [0.05, 0.1) is 19.0 Å². The number of imidazole rings is 1. The third-order valence-corrected chi connectivity index (χ3v) is 8.57. The van der Waals surface area contributed by atoms with Gasteiger partial charge < -0.3 is 30.2 Å². The second-order valence-corrected chi connectivity index (χ2v) is 12.6. The number of nitrogens with one attached hydrogen (secondary N) is 2. The van der Waals surface area contributed by atoms with Crippen molar-refractivity contribution in [3.8, 4) is 5.75 Å². The number of benzene rings is 1. The number of ether oxygens (including phenoxy) is 2. The predicted octanol–water partition coefficient (Wildman–Crippen LogP) is 3.65. The lowest BCUT2D eigenvalue weighted by Crippen LogP contribution is -2.54. The Balaban J connectivity index is 1.43. The Bertz CT molecular complexity index is 1580. The zero-order chi connectivity index (χ0) is 32.7. The van der Waals surface area contributed by atoms with Crippen molar-refractivity contribution in [2.45, 2.75) is 82.1 Å². The number of aromatic nitrogens is 4. The van der Waals surface area contributed by atoms with Crippen molar-refractivity contribution in [2.75, 3.05) is 17.7 Å². The first-order chi connectivity index (χ1) is 21.1. The Morgan fingerprint density at radius 3 is 2.56 bits per heavy atom. The summed E-state index contributed by atoms with van der Waals surface area (Å²) >= 11 is 0. The number of aliphatic hydroxyl groups is 1. The lowest BCUT2D eigenvalue weighted by molar-refractivity contribution is -0.273. The topological polar surface area (TPSA) is 185 Å². The van der Waals surface area contributed by atoms with E-state index in [0.717, 1.165) is 19.2 Å². The average molecular weight is 662 g/mol. The van der Waals surface area contributed by atoms with E-state index in [1.165, 1.54) is 19.1 Å². The fourth-order valence-electron chi connectivity index (χ4n) is 4.59. The molecule has 1 unspecified atom stereocenters. The lowest BCUT2D eigenvalue weighted by atomic mass is 9.95. The summed E-state index contributed by atoms with van der Waals surface area (Å²) in [6, 6.07) is 6.33. The van der Waals surface area contributed by atoms with Crippen LogP contribution >= 0.6 is 7.75 Å². The van der Waals surface area contributed by atoms with Crippen LogP contribution in [0.1, 0.15) is 39.8 Å². The Labute approximate surface area is 254 Å². The molecule has 5 rings (SSSR count). The highest BCUT2D eigenvalue weighted by Crippen LogP contribution is 2.53. The van der Waals surface area contributed by atoms with E-state index in [0.29, 0.717) is 4.57 Å². The first-order valence-electron chi connectivity index (χ1n) is 13.9. The number of aliphatic hydroxyl groups excluding tert-OH is 1. The second-order valence-electron chi connectivity index (χ2n) is 10.9. The molecule has 2 aromatic heterocycles. The van der Waals surface area contributed by atoms with Gasteiger partial charge in [-0.25, -0.2) is 13.9 Å².